The Labute approximate surface area is 398 Å². The molecule has 2 atom stereocenters. The Kier molecular flexibility index (Phi) is 12.4. The van der Waals surface area contributed by atoms with E-state index in [1.165, 1.54) is 7.05 Å². The topological polar surface area (TPSA) is 201 Å². The number of amides is 5. The zero-order chi connectivity index (χ0) is 47.4. The Hall–Kier alpha value is -6.11. The van der Waals surface area contributed by atoms with E-state index in [0.29, 0.717) is 39.6 Å². The third kappa shape index (κ3) is 8.77. The van der Waals surface area contributed by atoms with Crippen LogP contribution in [0.5, 0.6) is 5.75 Å². The van der Waals surface area contributed by atoms with E-state index in [1.807, 2.05) is 44.2 Å². The van der Waals surface area contributed by atoms with Gasteiger partial charge in [0.1, 0.15) is 11.1 Å². The van der Waals surface area contributed by atoms with Crippen molar-refractivity contribution in [2.45, 2.75) is 102 Å². The Morgan fingerprint density at radius 3 is 2.47 bits per heavy atom. The summed E-state index contributed by atoms with van der Waals surface area (Å²) in [6.07, 6.45) is 9.31. The fourth-order valence-electron chi connectivity index (χ4n) is 11.1. The van der Waals surface area contributed by atoms with E-state index in [2.05, 4.69) is 35.6 Å². The molecule has 3 N–H and O–H groups in total. The third-order valence-corrected chi connectivity index (χ3v) is 15.0. The molecule has 19 heteroatoms. The molecule has 6 aliphatic rings. The molecule has 5 aliphatic heterocycles. The van der Waals surface area contributed by atoms with Gasteiger partial charge in [0.25, 0.3) is 23.3 Å². The van der Waals surface area contributed by atoms with Gasteiger partial charge in [-0.2, -0.15) is 4.98 Å². The molecule has 4 aromatic rings. The van der Waals surface area contributed by atoms with Gasteiger partial charge in [-0.25, -0.2) is 4.98 Å². The Morgan fingerprint density at radius 2 is 1.71 bits per heavy atom. The summed E-state index contributed by atoms with van der Waals surface area (Å²) in [5.74, 6) is -1.16. The highest BCUT2D eigenvalue weighted by atomic mass is 35.5. The van der Waals surface area contributed by atoms with Crippen LogP contribution in [-0.2, 0) is 19.1 Å². The van der Waals surface area contributed by atoms with E-state index < -0.39 is 29.7 Å². The second-order valence-electron chi connectivity index (χ2n) is 19.5. The van der Waals surface area contributed by atoms with Crippen LogP contribution in [0.3, 0.4) is 0 Å². The van der Waals surface area contributed by atoms with Crippen LogP contribution in [-0.4, -0.2) is 131 Å². The van der Waals surface area contributed by atoms with Gasteiger partial charge in [-0.15, -0.1) is 0 Å². The molecular weight excluding hydrogens is 892 g/mol. The first-order chi connectivity index (χ1) is 32.8. The van der Waals surface area contributed by atoms with Gasteiger partial charge in [-0.05, 0) is 114 Å². The quantitative estimate of drug-likeness (QED) is 0.164. The first-order valence-electron chi connectivity index (χ1n) is 23.8. The molecule has 5 amide bonds. The monoisotopic (exact) mass is 948 g/mol. The van der Waals surface area contributed by atoms with E-state index in [1.54, 1.807) is 22.9 Å². The first kappa shape index (κ1) is 45.7. The van der Waals surface area contributed by atoms with Gasteiger partial charge in [0, 0.05) is 80.5 Å². The van der Waals surface area contributed by atoms with Crippen LogP contribution in [0.1, 0.15) is 98.4 Å². The third-order valence-electron chi connectivity index (χ3n) is 14.8. The van der Waals surface area contributed by atoms with Crippen LogP contribution in [0.25, 0.3) is 10.9 Å². The molecule has 0 radical (unpaired) electrons. The molecule has 0 bridgehead atoms. The maximum absolute atomic E-state index is 13.5. The molecule has 18 nitrogen and oxygen atoms in total. The molecule has 68 heavy (non-hydrogen) atoms. The number of halogens is 1. The molecular formula is C49H57ClN10O8. The zero-order valence-electron chi connectivity index (χ0n) is 38.6. The molecule has 10 rings (SSSR count). The maximum Gasteiger partial charge on any atom is 0.293 e. The number of likely N-dealkylation sites (N-methyl/N-ethyl adjacent to an activating group) is 1. The van der Waals surface area contributed by atoms with Crippen molar-refractivity contribution >= 4 is 75.2 Å². The van der Waals surface area contributed by atoms with Crippen molar-refractivity contribution in [2.75, 3.05) is 68.0 Å². The van der Waals surface area contributed by atoms with E-state index in [-0.39, 0.29) is 60.3 Å². The van der Waals surface area contributed by atoms with Gasteiger partial charge in [0.15, 0.2) is 18.2 Å². The Morgan fingerprint density at radius 1 is 0.912 bits per heavy atom. The lowest BCUT2D eigenvalue weighted by atomic mass is 9.78. The van der Waals surface area contributed by atoms with Gasteiger partial charge in [0.2, 0.25) is 17.8 Å². The minimum Gasteiger partial charge on any atom is -0.478 e. The number of hydrogen-bond acceptors (Lipinski definition) is 14. The summed E-state index contributed by atoms with van der Waals surface area (Å²) in [5, 5.41) is 9.23. The molecule has 5 fully saturated rings. The van der Waals surface area contributed by atoms with Crippen molar-refractivity contribution in [2.24, 2.45) is 5.41 Å². The lowest BCUT2D eigenvalue weighted by Gasteiger charge is -2.45. The van der Waals surface area contributed by atoms with Crippen molar-refractivity contribution in [3.63, 3.8) is 0 Å². The number of hydrogen-bond donors (Lipinski definition) is 3. The minimum absolute atomic E-state index is 0.0894. The molecule has 2 aromatic heterocycles. The molecule has 358 valence electrons. The lowest BCUT2D eigenvalue weighted by Crippen LogP contribution is -2.54. The van der Waals surface area contributed by atoms with Crippen LogP contribution in [0.4, 0.5) is 23.1 Å². The van der Waals surface area contributed by atoms with Crippen molar-refractivity contribution in [3.8, 4) is 5.75 Å². The molecule has 4 saturated heterocycles. The highest BCUT2D eigenvalue weighted by molar-refractivity contribution is 6.33. The number of ether oxygens (including phenoxy) is 2. The number of carbonyl (C=O) groups is 5. The first-order valence-corrected chi connectivity index (χ1v) is 24.2. The summed E-state index contributed by atoms with van der Waals surface area (Å²) in [4.78, 5) is 93.9. The number of anilines is 4. The van der Waals surface area contributed by atoms with Gasteiger partial charge in [-0.1, -0.05) is 11.6 Å². The molecule has 2 unspecified atom stereocenters. The molecule has 2 aromatic carbocycles. The van der Waals surface area contributed by atoms with Crippen LogP contribution in [0.15, 0.2) is 53.5 Å². The average Bonchev–Trinajstić information content (AvgIpc) is 3.82. The summed E-state index contributed by atoms with van der Waals surface area (Å²) in [6.45, 7) is 8.91. The van der Waals surface area contributed by atoms with Crippen molar-refractivity contribution < 1.29 is 33.4 Å². The fraction of sp³-hybridized carbons (Fsp3) is 0.510. The van der Waals surface area contributed by atoms with Crippen molar-refractivity contribution in [1.82, 2.24) is 35.0 Å². The standard InChI is InChI=1S/C49H57ClN10O8/c1-28(2)59-38-8-5-30(19-29(38)20-40(47(59)66)67-25-42(62)51-3)53-43-37(50)24-52-48(55-43)56-16-11-33(12-17-56)68-34-21-32(22-34)58-18-14-49(27-58)13-4-15-57(26-49)31-6-7-35-36(23-31)46(65)60(45(35)64)39-9-10-41(61)54-44(39)63/h5-8,19-20,23-24,28,32-34,39H,4,9-18,21-22,25-27H2,1-3H3,(H,51,62)(H,52,53,55)(H,54,61,63). The number of imide groups is 2. The van der Waals surface area contributed by atoms with E-state index in [0.717, 1.165) is 106 Å². The average molecular weight is 950 g/mol. The number of aromatic nitrogens is 3. The SMILES string of the molecule is CNC(=O)COc1cc2cc(Nc3nc(N4CCC(OC5CC(N6CCC7(CCCN(c8ccc9c(c8)C(=O)N(C8CCC(=O)NC8=O)C9=O)C7)C6)C5)CC4)ncc3Cl)ccc2n(C(C)C)c1=O. The number of carbonyl (C=O) groups excluding carboxylic acids is 5. The Balaban J connectivity index is 0.706. The summed E-state index contributed by atoms with van der Waals surface area (Å²) >= 11 is 6.62. The molecule has 7 heterocycles. The number of nitrogens with zero attached hydrogens (tertiary/aromatic N) is 7. The maximum atomic E-state index is 13.5. The molecule has 1 aliphatic carbocycles. The van der Waals surface area contributed by atoms with Gasteiger partial charge in [0.05, 0.1) is 35.0 Å². The fourth-order valence-corrected chi connectivity index (χ4v) is 11.2. The van der Waals surface area contributed by atoms with Crippen molar-refractivity contribution in [1.29, 1.82) is 0 Å². The highest BCUT2D eigenvalue weighted by Crippen LogP contribution is 2.44. The second-order valence-corrected chi connectivity index (χ2v) is 19.9. The number of nitrogens with one attached hydrogen (secondary N) is 3. The van der Waals surface area contributed by atoms with Crippen LogP contribution < -0.4 is 36.0 Å². The van der Waals surface area contributed by atoms with Crippen LogP contribution in [0, 0.1) is 5.41 Å². The number of pyridine rings is 1. The minimum atomic E-state index is -0.980. The normalized spacial score (nSPS) is 24.5. The van der Waals surface area contributed by atoms with Gasteiger partial charge >= 0.3 is 0 Å². The number of rotatable bonds is 12. The van der Waals surface area contributed by atoms with E-state index in [4.69, 9.17) is 26.1 Å². The summed E-state index contributed by atoms with van der Waals surface area (Å²) in [6, 6.07) is 12.1. The zero-order valence-corrected chi connectivity index (χ0v) is 39.3. The predicted molar refractivity (Wildman–Crippen MR) is 255 cm³/mol. The highest BCUT2D eigenvalue weighted by Gasteiger charge is 2.48. The van der Waals surface area contributed by atoms with Crippen LogP contribution >= 0.6 is 11.6 Å². The largest absolute Gasteiger partial charge is 0.478 e. The summed E-state index contributed by atoms with van der Waals surface area (Å²) < 4.78 is 14.0. The number of benzene rings is 2. The number of likely N-dealkylation sites (tertiary alicyclic amines) is 1. The smallest absolute Gasteiger partial charge is 0.293 e. The van der Waals surface area contributed by atoms with Crippen molar-refractivity contribution in [3.05, 3.63) is 75.2 Å². The lowest BCUT2D eigenvalue weighted by molar-refractivity contribution is -0.136. The molecule has 1 saturated carbocycles. The van der Waals surface area contributed by atoms with E-state index >= 15 is 0 Å². The summed E-state index contributed by atoms with van der Waals surface area (Å²) in [7, 11) is 1.51. The van der Waals surface area contributed by atoms with Gasteiger partial charge < -0.3 is 34.5 Å². The van der Waals surface area contributed by atoms with E-state index in [9.17, 15) is 28.8 Å². The number of fused-ring (bicyclic) bond motifs is 2. The van der Waals surface area contributed by atoms with Gasteiger partial charge in [-0.3, -0.25) is 43.9 Å². The number of piperidine rings is 3. The Bertz CT molecular complexity index is 2750. The molecule has 1 spiro atoms. The van der Waals surface area contributed by atoms with Crippen LogP contribution in [0.2, 0.25) is 5.02 Å². The predicted octanol–water partition coefficient (Wildman–Crippen LogP) is 4.80. The summed E-state index contributed by atoms with van der Waals surface area (Å²) in [5.41, 5.74) is 2.82. The second kappa shape index (κ2) is 18.4.